The van der Waals surface area contributed by atoms with Gasteiger partial charge in [-0.1, -0.05) is 0 Å². The minimum atomic E-state index is -0.447. The number of hydrazine groups is 1. The number of ketones is 2. The molecule has 1 heterocycles. The van der Waals surface area contributed by atoms with Crippen molar-refractivity contribution in [2.75, 3.05) is 19.8 Å². The molecule has 2 N–H and O–H groups in total. The second kappa shape index (κ2) is 4.45. The molecular formula is C8H14N2O3. The Bertz CT molecular complexity index is 217. The smallest absolute Gasteiger partial charge is 0.161 e. The molecule has 1 atom stereocenters. The molecule has 1 aliphatic rings. The molecular weight excluding hydrogens is 172 g/mol. The van der Waals surface area contributed by atoms with Gasteiger partial charge in [0.2, 0.25) is 0 Å². The summed E-state index contributed by atoms with van der Waals surface area (Å²) in [5.41, 5.74) is 0. The van der Waals surface area contributed by atoms with Gasteiger partial charge in [-0.05, 0) is 6.92 Å². The molecule has 13 heavy (non-hydrogen) atoms. The fourth-order valence-electron chi connectivity index (χ4n) is 1.26. The third kappa shape index (κ3) is 2.87. The SMILES string of the molecule is CC(=O)CC(=O)C1COCCN1N. The summed E-state index contributed by atoms with van der Waals surface area (Å²) in [5.74, 6) is 5.28. The van der Waals surface area contributed by atoms with E-state index in [1.807, 2.05) is 0 Å². The Morgan fingerprint density at radius 2 is 2.31 bits per heavy atom. The van der Waals surface area contributed by atoms with E-state index in [1.54, 1.807) is 0 Å². The Balaban J connectivity index is 2.48. The van der Waals surface area contributed by atoms with Gasteiger partial charge in [-0.3, -0.25) is 15.4 Å². The lowest BCUT2D eigenvalue weighted by Crippen LogP contribution is -2.53. The van der Waals surface area contributed by atoms with Crippen molar-refractivity contribution in [2.24, 2.45) is 5.84 Å². The molecule has 0 amide bonds. The Morgan fingerprint density at radius 3 is 2.85 bits per heavy atom. The number of Topliss-reactive ketones (excluding diaryl/α,β-unsaturated/α-hetero) is 2. The van der Waals surface area contributed by atoms with Crippen LogP contribution in [0, 0.1) is 0 Å². The van der Waals surface area contributed by atoms with Gasteiger partial charge in [0.1, 0.15) is 11.8 Å². The fraction of sp³-hybridized carbons (Fsp3) is 0.750. The van der Waals surface area contributed by atoms with E-state index in [0.29, 0.717) is 19.8 Å². The standard InChI is InChI=1S/C8H14N2O3/c1-6(11)4-8(12)7-5-13-3-2-10(7)9/h7H,2-5,9H2,1H3. The zero-order valence-corrected chi connectivity index (χ0v) is 7.66. The van der Waals surface area contributed by atoms with Gasteiger partial charge in [0, 0.05) is 6.54 Å². The van der Waals surface area contributed by atoms with E-state index in [4.69, 9.17) is 10.6 Å². The summed E-state index contributed by atoms with van der Waals surface area (Å²) in [4.78, 5) is 22.1. The summed E-state index contributed by atoms with van der Waals surface area (Å²) in [6.07, 6.45) is -0.0538. The first-order valence-electron chi connectivity index (χ1n) is 4.22. The van der Waals surface area contributed by atoms with Crippen molar-refractivity contribution < 1.29 is 14.3 Å². The molecule has 1 rings (SSSR count). The van der Waals surface area contributed by atoms with Gasteiger partial charge < -0.3 is 4.74 Å². The van der Waals surface area contributed by atoms with Crippen LogP contribution in [0.2, 0.25) is 0 Å². The largest absolute Gasteiger partial charge is 0.378 e. The van der Waals surface area contributed by atoms with E-state index >= 15 is 0 Å². The lowest BCUT2D eigenvalue weighted by Gasteiger charge is -2.30. The fourth-order valence-corrected chi connectivity index (χ4v) is 1.26. The molecule has 1 unspecified atom stereocenters. The molecule has 0 aromatic heterocycles. The number of morpholine rings is 1. The topological polar surface area (TPSA) is 72.6 Å². The van der Waals surface area contributed by atoms with Crippen LogP contribution in [-0.4, -0.2) is 42.4 Å². The molecule has 0 saturated carbocycles. The van der Waals surface area contributed by atoms with Crippen LogP contribution in [0.4, 0.5) is 0 Å². The van der Waals surface area contributed by atoms with Crippen molar-refractivity contribution in [1.82, 2.24) is 5.01 Å². The quantitative estimate of drug-likeness (QED) is 0.457. The van der Waals surface area contributed by atoms with Gasteiger partial charge in [0.15, 0.2) is 5.78 Å². The predicted octanol–water partition coefficient (Wildman–Crippen LogP) is -0.891. The summed E-state index contributed by atoms with van der Waals surface area (Å²) in [5, 5.41) is 1.44. The van der Waals surface area contributed by atoms with E-state index in [9.17, 15) is 9.59 Å². The third-order valence-corrected chi connectivity index (χ3v) is 1.96. The number of nitrogens with zero attached hydrogens (tertiary/aromatic N) is 1. The lowest BCUT2D eigenvalue weighted by molar-refractivity contribution is -0.134. The zero-order chi connectivity index (χ0) is 9.84. The molecule has 1 saturated heterocycles. The number of nitrogens with two attached hydrogens (primary N) is 1. The van der Waals surface area contributed by atoms with Crippen LogP contribution in [0.15, 0.2) is 0 Å². The molecule has 5 nitrogen and oxygen atoms in total. The van der Waals surface area contributed by atoms with Crippen LogP contribution < -0.4 is 5.84 Å². The van der Waals surface area contributed by atoms with Crippen molar-refractivity contribution in [1.29, 1.82) is 0 Å². The molecule has 0 radical (unpaired) electrons. The summed E-state index contributed by atoms with van der Waals surface area (Å²) in [6.45, 7) is 2.76. The van der Waals surface area contributed by atoms with Crippen LogP contribution in [0.1, 0.15) is 13.3 Å². The van der Waals surface area contributed by atoms with Gasteiger partial charge in [-0.2, -0.15) is 0 Å². The van der Waals surface area contributed by atoms with E-state index in [-0.39, 0.29) is 18.0 Å². The highest BCUT2D eigenvalue weighted by Gasteiger charge is 2.27. The second-order valence-corrected chi connectivity index (χ2v) is 3.17. The molecule has 0 aromatic rings. The lowest BCUT2D eigenvalue weighted by atomic mass is 10.1. The van der Waals surface area contributed by atoms with E-state index in [2.05, 4.69) is 0 Å². The van der Waals surface area contributed by atoms with Gasteiger partial charge in [0.05, 0.1) is 19.6 Å². The Labute approximate surface area is 76.8 Å². The van der Waals surface area contributed by atoms with Crippen molar-refractivity contribution in [2.45, 2.75) is 19.4 Å². The molecule has 5 heteroatoms. The van der Waals surface area contributed by atoms with Crippen LogP contribution in [0.5, 0.6) is 0 Å². The van der Waals surface area contributed by atoms with Crippen LogP contribution in [-0.2, 0) is 14.3 Å². The number of carbonyl (C=O) groups is 2. The van der Waals surface area contributed by atoms with Gasteiger partial charge in [-0.25, -0.2) is 5.01 Å². The highest BCUT2D eigenvalue weighted by atomic mass is 16.5. The number of hydrogen-bond acceptors (Lipinski definition) is 5. The molecule has 1 fully saturated rings. The maximum Gasteiger partial charge on any atom is 0.161 e. The summed E-state index contributed by atoms with van der Waals surface area (Å²) in [7, 11) is 0. The average molecular weight is 186 g/mol. The van der Waals surface area contributed by atoms with Crippen LogP contribution in [0.3, 0.4) is 0 Å². The summed E-state index contributed by atoms with van der Waals surface area (Å²) in [6, 6.07) is -0.447. The average Bonchev–Trinajstić information content (AvgIpc) is 2.03. The Kier molecular flexibility index (Phi) is 3.53. The molecule has 0 spiro atoms. The summed E-state index contributed by atoms with van der Waals surface area (Å²) >= 11 is 0. The van der Waals surface area contributed by atoms with Crippen molar-refractivity contribution in [3.05, 3.63) is 0 Å². The number of hydrogen-bond donors (Lipinski definition) is 1. The monoisotopic (exact) mass is 186 g/mol. The molecule has 0 aromatic carbocycles. The second-order valence-electron chi connectivity index (χ2n) is 3.17. The van der Waals surface area contributed by atoms with E-state index < -0.39 is 6.04 Å². The number of rotatable bonds is 3. The Hall–Kier alpha value is -0.780. The van der Waals surface area contributed by atoms with Crippen molar-refractivity contribution >= 4 is 11.6 Å². The molecule has 0 aliphatic carbocycles. The first-order valence-corrected chi connectivity index (χ1v) is 4.22. The summed E-state index contributed by atoms with van der Waals surface area (Å²) < 4.78 is 5.10. The van der Waals surface area contributed by atoms with Gasteiger partial charge >= 0.3 is 0 Å². The third-order valence-electron chi connectivity index (χ3n) is 1.96. The van der Waals surface area contributed by atoms with Crippen LogP contribution in [0.25, 0.3) is 0 Å². The van der Waals surface area contributed by atoms with Crippen molar-refractivity contribution in [3.8, 4) is 0 Å². The first kappa shape index (κ1) is 10.3. The highest BCUT2D eigenvalue weighted by molar-refractivity contribution is 6.00. The maximum absolute atomic E-state index is 11.4. The minimum absolute atomic E-state index is 0.0538. The predicted molar refractivity (Wildman–Crippen MR) is 45.8 cm³/mol. The van der Waals surface area contributed by atoms with Crippen LogP contribution >= 0.6 is 0 Å². The first-order chi connectivity index (χ1) is 6.11. The normalized spacial score (nSPS) is 24.3. The Morgan fingerprint density at radius 1 is 1.62 bits per heavy atom. The highest BCUT2D eigenvalue weighted by Crippen LogP contribution is 2.05. The molecule has 0 bridgehead atoms. The number of carbonyl (C=O) groups excluding carboxylic acids is 2. The van der Waals surface area contributed by atoms with Gasteiger partial charge in [-0.15, -0.1) is 0 Å². The van der Waals surface area contributed by atoms with Gasteiger partial charge in [0.25, 0.3) is 0 Å². The van der Waals surface area contributed by atoms with E-state index in [0.717, 1.165) is 0 Å². The number of ether oxygens (including phenoxy) is 1. The molecule has 1 aliphatic heterocycles. The zero-order valence-electron chi connectivity index (χ0n) is 7.66. The maximum atomic E-state index is 11.4. The van der Waals surface area contributed by atoms with Crippen molar-refractivity contribution in [3.63, 3.8) is 0 Å². The molecule has 74 valence electrons. The van der Waals surface area contributed by atoms with E-state index in [1.165, 1.54) is 11.9 Å². The minimum Gasteiger partial charge on any atom is -0.378 e.